The van der Waals surface area contributed by atoms with E-state index in [1.54, 1.807) is 0 Å². The van der Waals surface area contributed by atoms with E-state index in [2.05, 4.69) is 10.6 Å². The molecule has 0 radical (unpaired) electrons. The average molecular weight is 415 g/mol. The van der Waals surface area contributed by atoms with Crippen molar-refractivity contribution in [2.45, 2.75) is 37.2 Å². The SMILES string of the molecule is CC(COc1ccc(CC2SC(=O)NC2=O)cc1)NCC(O)Cc1ccccc1. The summed E-state index contributed by atoms with van der Waals surface area (Å²) in [6.45, 7) is 2.99. The molecule has 6 nitrogen and oxygen atoms in total. The number of hydrogen-bond donors (Lipinski definition) is 3. The molecule has 3 rings (SSSR count). The molecule has 1 heterocycles. The van der Waals surface area contributed by atoms with Crippen LogP contribution in [0.5, 0.6) is 5.75 Å². The number of nitrogens with one attached hydrogen (secondary N) is 2. The van der Waals surface area contributed by atoms with E-state index in [1.165, 1.54) is 0 Å². The Labute approximate surface area is 175 Å². The highest BCUT2D eigenvalue weighted by atomic mass is 32.2. The second-order valence-corrected chi connectivity index (χ2v) is 8.37. The number of aliphatic hydroxyl groups is 1. The minimum absolute atomic E-state index is 0.0877. The van der Waals surface area contributed by atoms with Gasteiger partial charge < -0.3 is 15.2 Å². The number of rotatable bonds is 10. The molecule has 2 aromatic rings. The quantitative estimate of drug-likeness (QED) is 0.554. The fourth-order valence-corrected chi connectivity index (χ4v) is 3.90. The predicted molar refractivity (Wildman–Crippen MR) is 114 cm³/mol. The standard InChI is InChI=1S/C22H26N2O4S/c1-15(23-13-18(25)11-16-5-3-2-4-6-16)14-28-19-9-7-17(8-10-19)12-20-21(26)24-22(27)29-20/h2-10,15,18,20,23,25H,11-14H2,1H3,(H,24,26,27). The number of carbonyl (C=O) groups excluding carboxylic acids is 2. The Kier molecular flexibility index (Phi) is 7.69. The summed E-state index contributed by atoms with van der Waals surface area (Å²) in [5.74, 6) is 0.515. The van der Waals surface area contributed by atoms with Crippen LogP contribution >= 0.6 is 11.8 Å². The molecule has 3 N–H and O–H groups in total. The topological polar surface area (TPSA) is 87.7 Å². The second kappa shape index (κ2) is 10.4. The molecule has 29 heavy (non-hydrogen) atoms. The van der Waals surface area contributed by atoms with Gasteiger partial charge in [0.25, 0.3) is 5.24 Å². The van der Waals surface area contributed by atoms with Crippen LogP contribution in [-0.4, -0.2) is 46.8 Å². The molecular weight excluding hydrogens is 388 g/mol. The predicted octanol–water partition coefficient (Wildman–Crippen LogP) is 2.54. The molecule has 7 heteroatoms. The fraction of sp³-hybridized carbons (Fsp3) is 0.364. The second-order valence-electron chi connectivity index (χ2n) is 7.20. The minimum atomic E-state index is -0.448. The van der Waals surface area contributed by atoms with Crippen LogP contribution in [0.1, 0.15) is 18.1 Å². The van der Waals surface area contributed by atoms with E-state index in [0.717, 1.165) is 28.6 Å². The summed E-state index contributed by atoms with van der Waals surface area (Å²) in [4.78, 5) is 22.9. The fourth-order valence-electron chi connectivity index (χ4n) is 3.04. The first kappa shape index (κ1) is 21.4. The molecule has 0 aliphatic carbocycles. The van der Waals surface area contributed by atoms with Crippen molar-refractivity contribution in [3.05, 3.63) is 65.7 Å². The number of ether oxygens (including phenoxy) is 1. The van der Waals surface area contributed by atoms with Gasteiger partial charge in [0.05, 0.1) is 11.4 Å². The molecule has 1 fully saturated rings. The third-order valence-corrected chi connectivity index (χ3v) is 5.61. The van der Waals surface area contributed by atoms with Crippen LogP contribution in [0.4, 0.5) is 4.79 Å². The van der Waals surface area contributed by atoms with Gasteiger partial charge >= 0.3 is 0 Å². The lowest BCUT2D eigenvalue weighted by Gasteiger charge is -2.18. The number of amides is 2. The third-order valence-electron chi connectivity index (χ3n) is 4.63. The monoisotopic (exact) mass is 414 g/mol. The van der Waals surface area contributed by atoms with Gasteiger partial charge in [-0.3, -0.25) is 14.9 Å². The number of aliphatic hydroxyl groups excluding tert-OH is 1. The van der Waals surface area contributed by atoms with Gasteiger partial charge in [-0.05, 0) is 43.0 Å². The molecule has 154 valence electrons. The van der Waals surface area contributed by atoms with Crippen LogP contribution in [0.3, 0.4) is 0 Å². The van der Waals surface area contributed by atoms with Gasteiger partial charge in [-0.15, -0.1) is 0 Å². The van der Waals surface area contributed by atoms with E-state index in [4.69, 9.17) is 4.74 Å². The van der Waals surface area contributed by atoms with Crippen molar-refractivity contribution in [3.63, 3.8) is 0 Å². The highest BCUT2D eigenvalue weighted by Gasteiger charge is 2.31. The summed E-state index contributed by atoms with van der Waals surface area (Å²) in [7, 11) is 0. The molecule has 1 aliphatic rings. The Morgan fingerprint density at radius 2 is 1.83 bits per heavy atom. The largest absolute Gasteiger partial charge is 0.492 e. The van der Waals surface area contributed by atoms with E-state index in [-0.39, 0.29) is 22.4 Å². The Balaban J connectivity index is 1.37. The number of imide groups is 1. The summed E-state index contributed by atoms with van der Waals surface area (Å²) in [6, 6.07) is 17.6. The van der Waals surface area contributed by atoms with Gasteiger partial charge in [-0.2, -0.15) is 0 Å². The summed E-state index contributed by atoms with van der Waals surface area (Å²) in [5.41, 5.74) is 2.10. The van der Waals surface area contributed by atoms with Crippen LogP contribution in [0.25, 0.3) is 0 Å². The number of thioether (sulfide) groups is 1. The first-order chi connectivity index (χ1) is 14.0. The van der Waals surface area contributed by atoms with Crippen LogP contribution in [-0.2, 0) is 17.6 Å². The van der Waals surface area contributed by atoms with Crippen molar-refractivity contribution in [1.82, 2.24) is 10.6 Å². The van der Waals surface area contributed by atoms with Crippen LogP contribution in [0.2, 0.25) is 0 Å². The molecule has 3 atom stereocenters. The Morgan fingerprint density at radius 3 is 2.48 bits per heavy atom. The zero-order valence-corrected chi connectivity index (χ0v) is 17.2. The van der Waals surface area contributed by atoms with E-state index < -0.39 is 6.10 Å². The Bertz CT molecular complexity index is 813. The van der Waals surface area contributed by atoms with Crippen molar-refractivity contribution in [1.29, 1.82) is 0 Å². The van der Waals surface area contributed by atoms with Gasteiger partial charge in [-0.1, -0.05) is 54.2 Å². The van der Waals surface area contributed by atoms with Gasteiger partial charge in [0.2, 0.25) is 5.91 Å². The average Bonchev–Trinajstić information content (AvgIpc) is 3.03. The maximum Gasteiger partial charge on any atom is 0.286 e. The first-order valence-corrected chi connectivity index (χ1v) is 10.6. The summed E-state index contributed by atoms with van der Waals surface area (Å²) in [5, 5.41) is 15.1. The summed E-state index contributed by atoms with van der Waals surface area (Å²) in [6.07, 6.45) is 0.683. The minimum Gasteiger partial charge on any atom is -0.492 e. The van der Waals surface area contributed by atoms with E-state index in [1.807, 2.05) is 61.5 Å². The van der Waals surface area contributed by atoms with Crippen molar-refractivity contribution in [2.75, 3.05) is 13.2 Å². The van der Waals surface area contributed by atoms with Crippen molar-refractivity contribution in [2.24, 2.45) is 0 Å². The molecule has 0 aromatic heterocycles. The van der Waals surface area contributed by atoms with Crippen molar-refractivity contribution in [3.8, 4) is 5.75 Å². The van der Waals surface area contributed by atoms with E-state index >= 15 is 0 Å². The number of hydrogen-bond acceptors (Lipinski definition) is 6. The van der Waals surface area contributed by atoms with E-state index in [0.29, 0.717) is 26.0 Å². The lowest BCUT2D eigenvalue weighted by atomic mass is 10.1. The molecule has 2 amide bonds. The molecule has 0 bridgehead atoms. The van der Waals surface area contributed by atoms with Gasteiger partial charge in [0.1, 0.15) is 12.4 Å². The molecule has 2 aromatic carbocycles. The van der Waals surface area contributed by atoms with Crippen LogP contribution in [0.15, 0.2) is 54.6 Å². The maximum atomic E-state index is 11.6. The van der Waals surface area contributed by atoms with Gasteiger partial charge in [-0.25, -0.2) is 0 Å². The lowest BCUT2D eigenvalue weighted by molar-refractivity contribution is -0.118. The highest BCUT2D eigenvalue weighted by Crippen LogP contribution is 2.23. The highest BCUT2D eigenvalue weighted by molar-refractivity contribution is 8.15. The number of benzene rings is 2. The zero-order chi connectivity index (χ0) is 20.6. The maximum absolute atomic E-state index is 11.6. The normalized spacial score (nSPS) is 18.3. The van der Waals surface area contributed by atoms with Gasteiger partial charge in [0, 0.05) is 12.6 Å². The Morgan fingerprint density at radius 1 is 1.10 bits per heavy atom. The molecular formula is C22H26N2O4S. The number of carbonyl (C=O) groups is 2. The summed E-state index contributed by atoms with van der Waals surface area (Å²) < 4.78 is 5.80. The summed E-state index contributed by atoms with van der Waals surface area (Å²) >= 11 is 1.04. The van der Waals surface area contributed by atoms with E-state index in [9.17, 15) is 14.7 Å². The molecule has 0 saturated carbocycles. The van der Waals surface area contributed by atoms with Crippen molar-refractivity contribution < 1.29 is 19.4 Å². The van der Waals surface area contributed by atoms with Crippen LogP contribution in [0, 0.1) is 0 Å². The molecule has 0 spiro atoms. The van der Waals surface area contributed by atoms with Crippen LogP contribution < -0.4 is 15.4 Å². The molecule has 1 aliphatic heterocycles. The molecule has 3 unspecified atom stereocenters. The van der Waals surface area contributed by atoms with Crippen molar-refractivity contribution >= 4 is 22.9 Å². The zero-order valence-electron chi connectivity index (χ0n) is 16.3. The lowest BCUT2D eigenvalue weighted by Crippen LogP contribution is -2.38. The Hall–Kier alpha value is -2.35. The first-order valence-electron chi connectivity index (χ1n) is 9.68. The third kappa shape index (κ3) is 6.88. The smallest absolute Gasteiger partial charge is 0.286 e. The van der Waals surface area contributed by atoms with Gasteiger partial charge in [0.15, 0.2) is 0 Å². The molecule has 1 saturated heterocycles.